The van der Waals surface area contributed by atoms with Crippen LogP contribution in [0.1, 0.15) is 29.8 Å². The third-order valence-corrected chi connectivity index (χ3v) is 6.91. The van der Waals surface area contributed by atoms with E-state index in [4.69, 9.17) is 26.1 Å². The summed E-state index contributed by atoms with van der Waals surface area (Å²) in [5.41, 5.74) is 2.24. The molecule has 3 aromatic carbocycles. The Balaban J connectivity index is 1.84. The summed E-state index contributed by atoms with van der Waals surface area (Å²) in [4.78, 5) is 31.3. The van der Waals surface area contributed by atoms with E-state index in [1.807, 2.05) is 38.1 Å². The number of nitrogens with zero attached hydrogens (tertiary/aromatic N) is 2. The highest BCUT2D eigenvalue weighted by Crippen LogP contribution is 2.29. The average molecular weight is 538 g/mol. The first kappa shape index (κ1) is 26.6. The third kappa shape index (κ3) is 6.26. The summed E-state index contributed by atoms with van der Waals surface area (Å²) >= 11 is 7.45. The average Bonchev–Trinajstić information content (AvgIpc) is 2.90. The van der Waals surface area contributed by atoms with Crippen LogP contribution >= 0.6 is 23.4 Å². The van der Waals surface area contributed by atoms with Gasteiger partial charge < -0.3 is 14.8 Å². The minimum Gasteiger partial charge on any atom is -0.497 e. The van der Waals surface area contributed by atoms with Crippen molar-refractivity contribution >= 4 is 40.2 Å². The number of hydrogen-bond donors (Lipinski definition) is 1. The van der Waals surface area contributed by atoms with Crippen molar-refractivity contribution in [2.24, 2.45) is 5.92 Å². The molecule has 0 unspecified atom stereocenters. The number of benzene rings is 3. The predicted octanol–water partition coefficient (Wildman–Crippen LogP) is 5.73. The van der Waals surface area contributed by atoms with Crippen molar-refractivity contribution in [3.05, 3.63) is 87.2 Å². The number of amides is 1. The van der Waals surface area contributed by atoms with Gasteiger partial charge in [-0.15, -0.1) is 0 Å². The minimum absolute atomic E-state index is 0.200. The van der Waals surface area contributed by atoms with E-state index in [0.29, 0.717) is 62.0 Å². The normalized spacial score (nSPS) is 11.1. The third-order valence-electron chi connectivity index (χ3n) is 5.65. The number of halogens is 1. The Morgan fingerprint density at radius 2 is 1.70 bits per heavy atom. The number of carbonyl (C=O) groups excluding carboxylic acids is 1. The number of aromatic nitrogens is 2. The van der Waals surface area contributed by atoms with E-state index in [1.54, 1.807) is 55.2 Å². The molecule has 192 valence electrons. The number of nitrogens with one attached hydrogen (secondary N) is 1. The van der Waals surface area contributed by atoms with Crippen molar-refractivity contribution in [3.63, 3.8) is 0 Å². The quantitative estimate of drug-likeness (QED) is 0.217. The van der Waals surface area contributed by atoms with E-state index in [-0.39, 0.29) is 11.5 Å². The number of hydrogen-bond acceptors (Lipinski definition) is 6. The van der Waals surface area contributed by atoms with Crippen molar-refractivity contribution in [2.75, 3.05) is 20.8 Å². The fourth-order valence-electron chi connectivity index (χ4n) is 3.68. The molecule has 7 nitrogen and oxygen atoms in total. The lowest BCUT2D eigenvalue weighted by Crippen LogP contribution is -2.27. The molecule has 0 aliphatic heterocycles. The van der Waals surface area contributed by atoms with Gasteiger partial charge in [0.25, 0.3) is 11.5 Å². The molecule has 1 heterocycles. The molecule has 1 amide bonds. The van der Waals surface area contributed by atoms with Crippen LogP contribution in [0.25, 0.3) is 16.6 Å². The molecule has 0 atom stereocenters. The molecule has 0 saturated carbocycles. The predicted molar refractivity (Wildman–Crippen MR) is 149 cm³/mol. The Bertz CT molecular complexity index is 1460. The van der Waals surface area contributed by atoms with Gasteiger partial charge in [-0.3, -0.25) is 14.2 Å². The number of thioether (sulfide) groups is 1. The van der Waals surface area contributed by atoms with Crippen molar-refractivity contribution in [3.8, 4) is 17.2 Å². The Kier molecular flexibility index (Phi) is 8.41. The molecule has 0 radical (unpaired) electrons. The maximum Gasteiger partial charge on any atom is 0.266 e. The molecule has 0 saturated heterocycles. The van der Waals surface area contributed by atoms with Crippen molar-refractivity contribution < 1.29 is 14.3 Å². The molecule has 1 aromatic heterocycles. The van der Waals surface area contributed by atoms with Crippen LogP contribution in [0.15, 0.2) is 70.6 Å². The number of carbonyl (C=O) groups is 1. The number of ether oxygens (including phenoxy) is 2. The molecule has 1 N–H and O–H groups in total. The summed E-state index contributed by atoms with van der Waals surface area (Å²) in [6, 6.07) is 17.8. The number of methoxy groups -OCH3 is 2. The van der Waals surface area contributed by atoms with Crippen LogP contribution in [0, 0.1) is 5.92 Å². The Morgan fingerprint density at radius 3 is 2.32 bits per heavy atom. The van der Waals surface area contributed by atoms with Crippen molar-refractivity contribution in [1.82, 2.24) is 14.9 Å². The van der Waals surface area contributed by atoms with Crippen LogP contribution in [0.4, 0.5) is 0 Å². The standard InChI is InChI=1S/C28H28ClN3O4S/c1-17(2)15-30-26(33)19-7-10-24-25(11-19)31-28(37-16-18-5-8-20(29)9-6-18)32(27(24)34)21-12-22(35-3)14-23(13-21)36-4/h5-14,17H,15-16H2,1-4H3,(H,30,33). The highest BCUT2D eigenvalue weighted by Gasteiger charge is 2.17. The van der Waals surface area contributed by atoms with E-state index in [0.717, 1.165) is 5.56 Å². The van der Waals surface area contributed by atoms with Crippen LogP contribution in [-0.4, -0.2) is 36.2 Å². The lowest BCUT2D eigenvalue weighted by molar-refractivity contribution is 0.0949. The van der Waals surface area contributed by atoms with Gasteiger partial charge in [0.05, 0.1) is 30.8 Å². The molecule has 0 aliphatic carbocycles. The fraction of sp³-hybridized carbons (Fsp3) is 0.250. The topological polar surface area (TPSA) is 82.4 Å². The second-order valence-corrected chi connectivity index (χ2v) is 10.2. The Morgan fingerprint density at radius 1 is 1.03 bits per heavy atom. The van der Waals surface area contributed by atoms with E-state index >= 15 is 0 Å². The molecule has 0 fully saturated rings. The van der Waals surface area contributed by atoms with Crippen LogP contribution in [0.3, 0.4) is 0 Å². The minimum atomic E-state index is -0.256. The molecule has 0 aliphatic rings. The van der Waals surface area contributed by atoms with Gasteiger partial charge >= 0.3 is 0 Å². The summed E-state index contributed by atoms with van der Waals surface area (Å²) in [5, 5.41) is 4.44. The summed E-state index contributed by atoms with van der Waals surface area (Å²) in [6.07, 6.45) is 0. The molecule has 0 bridgehead atoms. The molecule has 0 spiro atoms. The zero-order valence-electron chi connectivity index (χ0n) is 21.1. The van der Waals surface area contributed by atoms with Crippen molar-refractivity contribution in [2.45, 2.75) is 24.8 Å². The summed E-state index contributed by atoms with van der Waals surface area (Å²) in [7, 11) is 3.12. The van der Waals surface area contributed by atoms with Gasteiger partial charge in [0.2, 0.25) is 0 Å². The Labute approximate surface area is 224 Å². The molecular formula is C28H28ClN3O4S. The molecule has 9 heteroatoms. The smallest absolute Gasteiger partial charge is 0.266 e. The SMILES string of the molecule is COc1cc(OC)cc(-n2c(SCc3ccc(Cl)cc3)nc3cc(C(=O)NCC(C)C)ccc3c2=O)c1. The number of fused-ring (bicyclic) bond motifs is 1. The van der Waals surface area contributed by atoms with Crippen LogP contribution in [-0.2, 0) is 5.75 Å². The van der Waals surface area contributed by atoms with Gasteiger partial charge in [-0.1, -0.05) is 49.3 Å². The monoisotopic (exact) mass is 537 g/mol. The zero-order valence-corrected chi connectivity index (χ0v) is 22.7. The van der Waals surface area contributed by atoms with E-state index in [2.05, 4.69) is 5.32 Å². The molecule has 4 aromatic rings. The molecule has 37 heavy (non-hydrogen) atoms. The summed E-state index contributed by atoms with van der Waals surface area (Å²) < 4.78 is 12.4. The van der Waals surface area contributed by atoms with E-state index < -0.39 is 0 Å². The summed E-state index contributed by atoms with van der Waals surface area (Å²) in [6.45, 7) is 4.62. The lowest BCUT2D eigenvalue weighted by atomic mass is 10.1. The summed E-state index contributed by atoms with van der Waals surface area (Å²) in [5.74, 6) is 1.78. The van der Waals surface area contributed by atoms with Gasteiger partial charge in [0.15, 0.2) is 5.16 Å². The second kappa shape index (κ2) is 11.7. The maximum atomic E-state index is 13.8. The van der Waals surface area contributed by atoms with Gasteiger partial charge in [-0.25, -0.2) is 4.98 Å². The Hall–Kier alpha value is -3.49. The number of rotatable bonds is 9. The van der Waals surface area contributed by atoms with Crippen LogP contribution in [0.5, 0.6) is 11.5 Å². The van der Waals surface area contributed by atoms with Crippen LogP contribution in [0.2, 0.25) is 5.02 Å². The largest absolute Gasteiger partial charge is 0.497 e. The fourth-order valence-corrected chi connectivity index (χ4v) is 4.77. The lowest BCUT2D eigenvalue weighted by Gasteiger charge is -2.16. The first-order chi connectivity index (χ1) is 17.8. The maximum absolute atomic E-state index is 13.8. The van der Waals surface area contributed by atoms with Gasteiger partial charge in [0.1, 0.15) is 11.5 Å². The van der Waals surface area contributed by atoms with Gasteiger partial charge in [0, 0.05) is 41.1 Å². The first-order valence-corrected chi connectivity index (χ1v) is 13.1. The highest BCUT2D eigenvalue weighted by molar-refractivity contribution is 7.98. The van der Waals surface area contributed by atoms with Crippen LogP contribution < -0.4 is 20.3 Å². The first-order valence-electron chi connectivity index (χ1n) is 11.7. The highest BCUT2D eigenvalue weighted by atomic mass is 35.5. The molecule has 4 rings (SSSR count). The van der Waals surface area contributed by atoms with E-state index in [1.165, 1.54) is 11.8 Å². The molecular weight excluding hydrogens is 510 g/mol. The van der Waals surface area contributed by atoms with Crippen molar-refractivity contribution in [1.29, 1.82) is 0 Å². The van der Waals surface area contributed by atoms with Gasteiger partial charge in [-0.05, 0) is 41.8 Å². The second-order valence-electron chi connectivity index (χ2n) is 8.86. The van der Waals surface area contributed by atoms with Gasteiger partial charge in [-0.2, -0.15) is 0 Å². The van der Waals surface area contributed by atoms with E-state index in [9.17, 15) is 9.59 Å². The zero-order chi connectivity index (χ0) is 26.5.